The molecule has 2 aromatic heterocycles. The quantitative estimate of drug-likeness (QED) is 0.497. The average Bonchev–Trinajstić information content (AvgIpc) is 3.03. The Morgan fingerprint density at radius 1 is 1.30 bits per heavy atom. The fourth-order valence-electron chi connectivity index (χ4n) is 3.06. The van der Waals surface area contributed by atoms with Crippen LogP contribution in [0.4, 0.5) is 9.18 Å². The van der Waals surface area contributed by atoms with E-state index >= 15 is 0 Å². The number of carbonyl (C=O) groups is 1. The number of aromatic nitrogens is 3. The molecule has 0 aliphatic heterocycles. The summed E-state index contributed by atoms with van der Waals surface area (Å²) in [6, 6.07) is 10.5. The van der Waals surface area contributed by atoms with Crippen LogP contribution in [0.15, 0.2) is 58.7 Å². The van der Waals surface area contributed by atoms with Crippen LogP contribution in [0.1, 0.15) is 43.3 Å². The van der Waals surface area contributed by atoms with Gasteiger partial charge in [0.1, 0.15) is 16.7 Å². The molecule has 8 heteroatoms. The van der Waals surface area contributed by atoms with Crippen LogP contribution >= 0.6 is 11.8 Å². The Morgan fingerprint density at radius 3 is 2.80 bits per heavy atom. The number of nitrogens with two attached hydrogens (primary N) is 1. The van der Waals surface area contributed by atoms with Crippen molar-refractivity contribution in [1.29, 1.82) is 0 Å². The Labute approximate surface area is 179 Å². The van der Waals surface area contributed by atoms with E-state index < -0.39 is 6.09 Å². The highest BCUT2D eigenvalue weighted by molar-refractivity contribution is 7.99. The lowest BCUT2D eigenvalue weighted by Gasteiger charge is -2.13. The molecule has 3 aromatic rings. The predicted octanol–water partition coefficient (Wildman–Crippen LogP) is 4.77. The molecule has 2 heterocycles. The molecule has 0 fully saturated rings. The fraction of sp³-hybridized carbons (Fsp3) is 0.318. The highest BCUT2D eigenvalue weighted by Gasteiger charge is 2.21. The van der Waals surface area contributed by atoms with Gasteiger partial charge in [0.05, 0.1) is 18.8 Å². The molecule has 0 aliphatic carbocycles. The summed E-state index contributed by atoms with van der Waals surface area (Å²) < 4.78 is 20.8. The van der Waals surface area contributed by atoms with Crippen LogP contribution in [-0.2, 0) is 17.7 Å². The van der Waals surface area contributed by atoms with Gasteiger partial charge in [-0.1, -0.05) is 37.7 Å². The van der Waals surface area contributed by atoms with Crippen LogP contribution in [-0.4, -0.2) is 27.2 Å². The molecule has 0 spiro atoms. The number of imidazole rings is 1. The van der Waals surface area contributed by atoms with E-state index in [0.29, 0.717) is 19.4 Å². The van der Waals surface area contributed by atoms with Gasteiger partial charge >= 0.3 is 6.09 Å². The first-order valence-electron chi connectivity index (χ1n) is 9.78. The number of primary amides is 1. The van der Waals surface area contributed by atoms with Gasteiger partial charge in [-0.15, -0.1) is 0 Å². The number of carbonyl (C=O) groups excluding carboxylic acids is 1. The third kappa shape index (κ3) is 5.82. The molecule has 30 heavy (non-hydrogen) atoms. The Balaban J connectivity index is 1.96. The summed E-state index contributed by atoms with van der Waals surface area (Å²) in [5.41, 5.74) is 7.05. The highest BCUT2D eigenvalue weighted by atomic mass is 32.2. The van der Waals surface area contributed by atoms with Crippen molar-refractivity contribution >= 4 is 17.9 Å². The SMILES string of the molecule is CC(C)c1nc(CCCOC(N)=O)n(Cc2cccnc2)c1Sc1cccc(F)c1. The van der Waals surface area contributed by atoms with Crippen LogP contribution in [0.2, 0.25) is 0 Å². The first-order chi connectivity index (χ1) is 14.4. The molecule has 0 atom stereocenters. The van der Waals surface area contributed by atoms with Gasteiger partial charge in [-0.2, -0.15) is 0 Å². The van der Waals surface area contributed by atoms with Crippen molar-refractivity contribution < 1.29 is 13.9 Å². The number of hydrogen-bond donors (Lipinski definition) is 1. The molecule has 6 nitrogen and oxygen atoms in total. The molecule has 0 unspecified atom stereocenters. The largest absolute Gasteiger partial charge is 0.450 e. The van der Waals surface area contributed by atoms with Crippen molar-refractivity contribution in [3.8, 4) is 0 Å². The Kier molecular flexibility index (Phi) is 7.46. The maximum atomic E-state index is 13.8. The molecule has 2 N–H and O–H groups in total. The van der Waals surface area contributed by atoms with Crippen molar-refractivity contribution in [1.82, 2.24) is 14.5 Å². The normalized spacial score (nSPS) is 11.1. The lowest BCUT2D eigenvalue weighted by atomic mass is 10.1. The minimum absolute atomic E-state index is 0.192. The summed E-state index contributed by atoms with van der Waals surface area (Å²) in [7, 11) is 0. The summed E-state index contributed by atoms with van der Waals surface area (Å²) in [6.07, 6.45) is 4.01. The van der Waals surface area contributed by atoms with E-state index in [-0.39, 0.29) is 18.3 Å². The second-order valence-electron chi connectivity index (χ2n) is 7.15. The standard InChI is InChI=1S/C22H25FN4O2S/c1-15(2)20-21(30-18-8-3-7-17(23)12-18)27(14-16-6-4-10-25-13-16)19(26-20)9-5-11-29-22(24)28/h3-4,6-8,10,12-13,15H,5,9,11,14H2,1-2H3,(H2,24,28). The van der Waals surface area contributed by atoms with Gasteiger partial charge in [0.2, 0.25) is 0 Å². The second-order valence-corrected chi connectivity index (χ2v) is 8.21. The number of hydrogen-bond acceptors (Lipinski definition) is 5. The smallest absolute Gasteiger partial charge is 0.404 e. The highest BCUT2D eigenvalue weighted by Crippen LogP contribution is 2.35. The van der Waals surface area contributed by atoms with Crippen LogP contribution in [0, 0.1) is 5.82 Å². The van der Waals surface area contributed by atoms with Gasteiger partial charge in [0, 0.05) is 23.7 Å². The maximum Gasteiger partial charge on any atom is 0.404 e. The zero-order valence-electron chi connectivity index (χ0n) is 17.0. The molecular weight excluding hydrogens is 403 g/mol. The van der Waals surface area contributed by atoms with Gasteiger partial charge < -0.3 is 15.0 Å². The molecule has 1 amide bonds. The molecule has 0 aliphatic rings. The van der Waals surface area contributed by atoms with E-state index in [4.69, 9.17) is 15.5 Å². The number of benzene rings is 1. The number of nitrogens with zero attached hydrogens (tertiary/aromatic N) is 3. The fourth-order valence-corrected chi connectivity index (χ4v) is 4.27. The van der Waals surface area contributed by atoms with Crippen LogP contribution in [0.5, 0.6) is 0 Å². The minimum Gasteiger partial charge on any atom is -0.450 e. The summed E-state index contributed by atoms with van der Waals surface area (Å²) in [5, 5.41) is 0.977. The first kappa shape index (κ1) is 21.8. The van der Waals surface area contributed by atoms with E-state index in [9.17, 15) is 9.18 Å². The summed E-state index contributed by atoms with van der Waals surface area (Å²) in [5.74, 6) is 0.805. The average molecular weight is 429 g/mol. The van der Waals surface area contributed by atoms with Crippen molar-refractivity contribution in [2.24, 2.45) is 5.73 Å². The topological polar surface area (TPSA) is 83.0 Å². The Hall–Kier alpha value is -2.87. The van der Waals surface area contributed by atoms with E-state index in [2.05, 4.69) is 23.4 Å². The van der Waals surface area contributed by atoms with Gasteiger partial charge in [-0.25, -0.2) is 14.2 Å². The summed E-state index contributed by atoms with van der Waals surface area (Å²) in [4.78, 5) is 20.8. The van der Waals surface area contributed by atoms with Crippen LogP contribution in [0.3, 0.4) is 0 Å². The molecule has 158 valence electrons. The molecule has 0 radical (unpaired) electrons. The van der Waals surface area contributed by atoms with Gasteiger partial charge in [-0.3, -0.25) is 4.98 Å². The number of aryl methyl sites for hydroxylation is 1. The second kappa shape index (κ2) is 10.2. The zero-order valence-corrected chi connectivity index (χ0v) is 17.9. The number of ether oxygens (including phenoxy) is 1. The van der Waals surface area contributed by atoms with Crippen LogP contribution in [0.25, 0.3) is 0 Å². The third-order valence-corrected chi connectivity index (χ3v) is 5.55. The summed E-state index contributed by atoms with van der Waals surface area (Å²) >= 11 is 1.50. The lowest BCUT2D eigenvalue weighted by molar-refractivity contribution is 0.155. The van der Waals surface area contributed by atoms with E-state index in [1.165, 1.54) is 23.9 Å². The number of amides is 1. The molecule has 0 saturated carbocycles. The van der Waals surface area contributed by atoms with Gasteiger partial charge in [0.15, 0.2) is 0 Å². The zero-order chi connectivity index (χ0) is 21.5. The van der Waals surface area contributed by atoms with E-state index in [1.54, 1.807) is 12.3 Å². The van der Waals surface area contributed by atoms with Gasteiger partial charge in [-0.05, 0) is 42.2 Å². The van der Waals surface area contributed by atoms with Crippen molar-refractivity contribution in [2.75, 3.05) is 6.61 Å². The van der Waals surface area contributed by atoms with E-state index in [1.807, 2.05) is 24.4 Å². The number of rotatable bonds is 9. The van der Waals surface area contributed by atoms with Crippen molar-refractivity contribution in [3.05, 3.63) is 71.7 Å². The van der Waals surface area contributed by atoms with Crippen molar-refractivity contribution in [3.63, 3.8) is 0 Å². The van der Waals surface area contributed by atoms with E-state index in [0.717, 1.165) is 27.0 Å². The number of halogens is 1. The summed E-state index contributed by atoms with van der Waals surface area (Å²) in [6.45, 7) is 5.01. The monoisotopic (exact) mass is 428 g/mol. The third-order valence-electron chi connectivity index (χ3n) is 4.44. The molecule has 3 rings (SSSR count). The molecule has 0 bridgehead atoms. The Bertz CT molecular complexity index is 992. The molecule has 1 aromatic carbocycles. The molecule has 0 saturated heterocycles. The predicted molar refractivity (Wildman–Crippen MR) is 114 cm³/mol. The van der Waals surface area contributed by atoms with Gasteiger partial charge in [0.25, 0.3) is 0 Å². The maximum absolute atomic E-state index is 13.8. The minimum atomic E-state index is -0.779. The van der Waals surface area contributed by atoms with Crippen molar-refractivity contribution in [2.45, 2.75) is 49.1 Å². The lowest BCUT2D eigenvalue weighted by Crippen LogP contribution is -2.14. The number of pyridine rings is 1. The first-order valence-corrected chi connectivity index (χ1v) is 10.6. The Morgan fingerprint density at radius 2 is 2.13 bits per heavy atom. The molecular formula is C22H25FN4O2S. The van der Waals surface area contributed by atoms with Crippen LogP contribution < -0.4 is 5.73 Å².